The maximum atomic E-state index is 5.26. The number of methoxy groups -OCH3 is 1. The summed E-state index contributed by atoms with van der Waals surface area (Å²) in [5.74, 6) is 0.815. The van der Waals surface area contributed by atoms with E-state index in [0.29, 0.717) is 6.04 Å². The highest BCUT2D eigenvalue weighted by Crippen LogP contribution is 2.33. The van der Waals surface area contributed by atoms with Crippen LogP contribution in [0.25, 0.3) is 5.69 Å². The van der Waals surface area contributed by atoms with Gasteiger partial charge in [-0.1, -0.05) is 11.3 Å². The zero-order valence-electron chi connectivity index (χ0n) is 13.6. The third-order valence-electron chi connectivity index (χ3n) is 4.44. The van der Waals surface area contributed by atoms with Gasteiger partial charge in [-0.2, -0.15) is 0 Å². The summed E-state index contributed by atoms with van der Waals surface area (Å²) < 4.78 is 7.05. The van der Waals surface area contributed by atoms with Crippen LogP contribution in [-0.4, -0.2) is 22.1 Å². The number of aryl methyl sites for hydroxylation is 1. The average molecular weight is 340 g/mol. The minimum Gasteiger partial charge on any atom is -0.497 e. The lowest BCUT2D eigenvalue weighted by atomic mass is 9.94. The molecule has 0 bridgehead atoms. The number of nitrogens with one attached hydrogen (secondary N) is 1. The van der Waals surface area contributed by atoms with Crippen molar-refractivity contribution in [2.75, 3.05) is 7.11 Å². The van der Waals surface area contributed by atoms with Crippen LogP contribution in [0.15, 0.2) is 41.9 Å². The first-order valence-electron chi connectivity index (χ1n) is 8.19. The van der Waals surface area contributed by atoms with Crippen LogP contribution in [0.2, 0.25) is 0 Å². The molecule has 4 rings (SSSR count). The molecule has 124 valence electrons. The van der Waals surface area contributed by atoms with Crippen molar-refractivity contribution >= 4 is 11.3 Å². The number of thiophene rings is 1. The number of fused-ring (bicyclic) bond motifs is 1. The summed E-state index contributed by atoms with van der Waals surface area (Å²) in [5, 5.41) is 14.4. The van der Waals surface area contributed by atoms with Crippen LogP contribution < -0.4 is 10.1 Å². The summed E-state index contributed by atoms with van der Waals surface area (Å²) in [5.41, 5.74) is 3.36. The lowest BCUT2D eigenvalue weighted by Crippen LogP contribution is -2.24. The predicted molar refractivity (Wildman–Crippen MR) is 94.7 cm³/mol. The van der Waals surface area contributed by atoms with E-state index >= 15 is 0 Å². The van der Waals surface area contributed by atoms with Crippen molar-refractivity contribution in [3.05, 3.63) is 58.0 Å². The molecule has 2 heterocycles. The quantitative estimate of drug-likeness (QED) is 0.772. The van der Waals surface area contributed by atoms with Gasteiger partial charge < -0.3 is 10.1 Å². The van der Waals surface area contributed by atoms with E-state index in [1.54, 1.807) is 11.8 Å². The highest BCUT2D eigenvalue weighted by molar-refractivity contribution is 7.10. The van der Waals surface area contributed by atoms with Crippen LogP contribution in [0.1, 0.15) is 35.0 Å². The highest BCUT2D eigenvalue weighted by atomic mass is 32.1. The van der Waals surface area contributed by atoms with Gasteiger partial charge in [-0.3, -0.25) is 0 Å². The second-order valence-electron chi connectivity index (χ2n) is 5.98. The van der Waals surface area contributed by atoms with E-state index in [9.17, 15) is 0 Å². The van der Waals surface area contributed by atoms with Crippen LogP contribution in [0.4, 0.5) is 0 Å². The summed E-state index contributed by atoms with van der Waals surface area (Å²) >= 11 is 1.87. The summed E-state index contributed by atoms with van der Waals surface area (Å²) in [7, 11) is 1.67. The van der Waals surface area contributed by atoms with Gasteiger partial charge >= 0.3 is 0 Å². The van der Waals surface area contributed by atoms with E-state index < -0.39 is 0 Å². The fourth-order valence-corrected chi connectivity index (χ4v) is 4.17. The lowest BCUT2D eigenvalue weighted by Gasteiger charge is -2.23. The first kappa shape index (κ1) is 15.4. The van der Waals surface area contributed by atoms with E-state index in [2.05, 4.69) is 27.1 Å². The van der Waals surface area contributed by atoms with Crippen molar-refractivity contribution in [2.24, 2.45) is 0 Å². The molecule has 0 saturated carbocycles. The molecule has 1 aliphatic rings. The molecule has 0 spiro atoms. The molecule has 0 amide bonds. The van der Waals surface area contributed by atoms with Gasteiger partial charge in [-0.25, -0.2) is 4.68 Å². The molecule has 1 unspecified atom stereocenters. The van der Waals surface area contributed by atoms with Gasteiger partial charge in [0.1, 0.15) is 5.75 Å². The fraction of sp³-hybridized carbons (Fsp3) is 0.333. The second kappa shape index (κ2) is 6.75. The van der Waals surface area contributed by atoms with Gasteiger partial charge in [0.25, 0.3) is 0 Å². The van der Waals surface area contributed by atoms with E-state index in [0.717, 1.165) is 23.7 Å². The van der Waals surface area contributed by atoms with Gasteiger partial charge in [-0.15, -0.1) is 16.4 Å². The van der Waals surface area contributed by atoms with Gasteiger partial charge in [0, 0.05) is 23.5 Å². The van der Waals surface area contributed by atoms with Crippen LogP contribution in [-0.2, 0) is 13.0 Å². The monoisotopic (exact) mass is 340 g/mol. The molecule has 0 saturated heterocycles. The number of nitrogens with zero attached hydrogens (tertiary/aromatic N) is 3. The number of benzene rings is 1. The Labute approximate surface area is 145 Å². The fourth-order valence-electron chi connectivity index (χ4n) is 3.18. The number of aromatic nitrogens is 3. The van der Waals surface area contributed by atoms with Crippen molar-refractivity contribution in [3.8, 4) is 11.4 Å². The number of ether oxygens (including phenoxy) is 1. The zero-order chi connectivity index (χ0) is 16.4. The van der Waals surface area contributed by atoms with Crippen LogP contribution in [0.5, 0.6) is 5.75 Å². The molecule has 0 fully saturated rings. The Hall–Kier alpha value is -2.18. The maximum absolute atomic E-state index is 5.26. The Balaban J connectivity index is 1.45. The standard InChI is InChI=1S/C18H20N4OS/c1-23-15-5-2-4-14(10-15)22-12-13(20-21-22)11-19-17-6-3-7-18-16(17)8-9-24-18/h2,4-5,8-10,12,17,19H,3,6-7,11H2,1H3. The summed E-state index contributed by atoms with van der Waals surface area (Å²) in [6, 6.07) is 10.5. The predicted octanol–water partition coefficient (Wildman–Crippen LogP) is 3.50. The van der Waals surface area contributed by atoms with Gasteiger partial charge in [0.15, 0.2) is 0 Å². The van der Waals surface area contributed by atoms with Crippen molar-refractivity contribution in [1.82, 2.24) is 20.3 Å². The zero-order valence-corrected chi connectivity index (χ0v) is 14.4. The van der Waals surface area contributed by atoms with Crippen molar-refractivity contribution in [1.29, 1.82) is 0 Å². The Morgan fingerprint density at radius 3 is 3.25 bits per heavy atom. The minimum absolute atomic E-state index is 0.432. The lowest BCUT2D eigenvalue weighted by molar-refractivity contribution is 0.414. The van der Waals surface area contributed by atoms with E-state index in [-0.39, 0.29) is 0 Å². The summed E-state index contributed by atoms with van der Waals surface area (Å²) in [6.45, 7) is 0.726. The third kappa shape index (κ3) is 3.07. The van der Waals surface area contributed by atoms with Crippen LogP contribution in [0, 0.1) is 0 Å². The Morgan fingerprint density at radius 2 is 2.33 bits per heavy atom. The molecule has 3 aromatic rings. The number of rotatable bonds is 5. The van der Waals surface area contributed by atoms with E-state index in [4.69, 9.17) is 4.74 Å². The normalized spacial score (nSPS) is 16.8. The Bertz CT molecular complexity index is 826. The second-order valence-corrected chi connectivity index (χ2v) is 6.98. The maximum Gasteiger partial charge on any atom is 0.121 e. The van der Waals surface area contributed by atoms with Gasteiger partial charge in [0.2, 0.25) is 0 Å². The smallest absolute Gasteiger partial charge is 0.121 e. The van der Waals surface area contributed by atoms with Crippen LogP contribution in [0.3, 0.4) is 0 Å². The molecule has 1 aromatic carbocycles. The molecular weight excluding hydrogens is 320 g/mol. The molecule has 1 N–H and O–H groups in total. The molecule has 0 radical (unpaired) electrons. The van der Waals surface area contributed by atoms with Crippen molar-refractivity contribution < 1.29 is 4.74 Å². The average Bonchev–Trinajstić information content (AvgIpc) is 3.29. The first-order valence-corrected chi connectivity index (χ1v) is 9.07. The Morgan fingerprint density at radius 1 is 1.38 bits per heavy atom. The molecule has 6 heteroatoms. The SMILES string of the molecule is COc1cccc(-n2cc(CNC3CCCc4sccc43)nn2)c1. The molecule has 1 atom stereocenters. The molecule has 2 aromatic heterocycles. The Kier molecular flexibility index (Phi) is 4.32. The van der Waals surface area contributed by atoms with Crippen molar-refractivity contribution in [3.63, 3.8) is 0 Å². The first-order chi connectivity index (χ1) is 11.8. The summed E-state index contributed by atoms with van der Waals surface area (Å²) in [4.78, 5) is 1.53. The van der Waals surface area contributed by atoms with Crippen molar-refractivity contribution in [2.45, 2.75) is 31.8 Å². The molecule has 5 nitrogen and oxygen atoms in total. The van der Waals surface area contributed by atoms with E-state index in [1.165, 1.54) is 29.7 Å². The largest absolute Gasteiger partial charge is 0.497 e. The van der Waals surface area contributed by atoms with Gasteiger partial charge in [0.05, 0.1) is 24.7 Å². The third-order valence-corrected chi connectivity index (χ3v) is 5.44. The highest BCUT2D eigenvalue weighted by Gasteiger charge is 2.20. The molecular formula is C18H20N4OS. The van der Waals surface area contributed by atoms with E-state index in [1.807, 2.05) is 41.8 Å². The molecule has 24 heavy (non-hydrogen) atoms. The van der Waals surface area contributed by atoms with Gasteiger partial charge in [-0.05, 0) is 48.4 Å². The minimum atomic E-state index is 0.432. The van der Waals surface area contributed by atoms with Crippen LogP contribution >= 0.6 is 11.3 Å². The topological polar surface area (TPSA) is 52.0 Å². The number of hydrogen-bond acceptors (Lipinski definition) is 5. The summed E-state index contributed by atoms with van der Waals surface area (Å²) in [6.07, 6.45) is 5.63. The molecule has 1 aliphatic carbocycles. The molecule has 0 aliphatic heterocycles. The number of hydrogen-bond donors (Lipinski definition) is 1.